The van der Waals surface area contributed by atoms with Crippen molar-refractivity contribution in [2.45, 2.75) is 44.0 Å². The zero-order valence-corrected chi connectivity index (χ0v) is 21.9. The Labute approximate surface area is 206 Å². The highest BCUT2D eigenvalue weighted by atomic mass is 35.5. The van der Waals surface area contributed by atoms with Crippen molar-refractivity contribution in [3.05, 3.63) is 59.1 Å². The summed E-state index contributed by atoms with van der Waals surface area (Å²) in [6.07, 6.45) is 2.14. The normalized spacial score (nSPS) is 15.8. The summed E-state index contributed by atoms with van der Waals surface area (Å²) in [5.74, 6) is 0. The number of rotatable bonds is 8. The molecule has 6 nitrogen and oxygen atoms in total. The molecule has 1 heterocycles. The molecule has 2 atom stereocenters. The highest BCUT2D eigenvalue weighted by Crippen LogP contribution is 2.34. The van der Waals surface area contributed by atoms with Crippen molar-refractivity contribution < 1.29 is 13.7 Å². The molecule has 0 fully saturated rings. The number of nitrogens with zero attached hydrogens (tertiary/aromatic N) is 3. The predicted molar refractivity (Wildman–Crippen MR) is 137 cm³/mol. The number of amides is 1. The molecule has 2 unspecified atom stereocenters. The van der Waals surface area contributed by atoms with Gasteiger partial charge >= 0.3 is 6.09 Å². The lowest BCUT2D eigenvalue weighted by atomic mass is 9.98. The Hall–Kier alpha value is -2.09. The zero-order chi connectivity index (χ0) is 24.4. The summed E-state index contributed by atoms with van der Waals surface area (Å²) in [4.78, 5) is 16.8. The molecule has 1 aliphatic rings. The van der Waals surface area contributed by atoms with Crippen LogP contribution >= 0.6 is 11.6 Å². The van der Waals surface area contributed by atoms with Crippen LogP contribution in [0.25, 0.3) is 0 Å². The lowest BCUT2D eigenvalue weighted by Gasteiger charge is -2.37. The van der Waals surface area contributed by atoms with Gasteiger partial charge in [-0.2, -0.15) is 0 Å². The molecule has 33 heavy (non-hydrogen) atoms. The standard InChI is InChI=1S/C23H30ClN3O3S.C2H6/c1-25(2)15-6-16-26(3)23(28)30-17-20-12-9-18-7-4-5-8-22(18)27(20)31(29)21-13-10-19(24)11-14-21;1-2/h4-5,7-8,10-11,13-14,20H,6,9,12,15-17H2,1-3H3;1-2H3. The van der Waals surface area contributed by atoms with Gasteiger partial charge in [0.25, 0.3) is 0 Å². The number of carbonyl (C=O) groups excluding carboxylic acids is 1. The number of para-hydroxylation sites is 1. The monoisotopic (exact) mass is 493 g/mol. The van der Waals surface area contributed by atoms with E-state index in [0.29, 0.717) is 16.5 Å². The molecule has 1 amide bonds. The summed E-state index contributed by atoms with van der Waals surface area (Å²) in [6.45, 7) is 5.72. The molecule has 0 aliphatic carbocycles. The summed E-state index contributed by atoms with van der Waals surface area (Å²) in [6, 6.07) is 14.8. The van der Waals surface area contributed by atoms with Crippen LogP contribution in [0.1, 0.15) is 32.3 Å². The number of anilines is 1. The Bertz CT molecular complexity index is 908. The van der Waals surface area contributed by atoms with Gasteiger partial charge in [-0.25, -0.2) is 9.00 Å². The first-order valence-electron chi connectivity index (χ1n) is 11.4. The third-order valence-electron chi connectivity index (χ3n) is 5.31. The maximum atomic E-state index is 13.5. The molecule has 182 valence electrons. The van der Waals surface area contributed by atoms with E-state index >= 15 is 0 Å². The summed E-state index contributed by atoms with van der Waals surface area (Å²) >= 11 is 6.00. The molecule has 2 aromatic carbocycles. The number of halogens is 1. The quantitative estimate of drug-likeness (QED) is 0.505. The van der Waals surface area contributed by atoms with E-state index in [1.165, 1.54) is 0 Å². The number of aryl methyl sites for hydroxylation is 1. The number of hydrogen-bond acceptors (Lipinski definition) is 4. The first-order chi connectivity index (χ1) is 15.9. The molecule has 0 aromatic heterocycles. The number of carbonyl (C=O) groups is 1. The second-order valence-corrected chi connectivity index (χ2v) is 9.80. The van der Waals surface area contributed by atoms with Gasteiger partial charge in [-0.1, -0.05) is 43.6 Å². The molecule has 8 heteroatoms. The summed E-state index contributed by atoms with van der Waals surface area (Å²) < 4.78 is 21.0. The molecule has 0 saturated heterocycles. The molecule has 0 spiro atoms. The fourth-order valence-corrected chi connectivity index (χ4v) is 5.12. The zero-order valence-electron chi connectivity index (χ0n) is 20.3. The van der Waals surface area contributed by atoms with Crippen LogP contribution in [0, 0.1) is 0 Å². The minimum Gasteiger partial charge on any atom is -0.447 e. The fraction of sp³-hybridized carbons (Fsp3) is 0.480. The summed E-state index contributed by atoms with van der Waals surface area (Å²) in [7, 11) is 4.32. The largest absolute Gasteiger partial charge is 0.447 e. The van der Waals surface area contributed by atoms with Crippen LogP contribution in [0.4, 0.5) is 10.5 Å². The van der Waals surface area contributed by atoms with Gasteiger partial charge in [0.2, 0.25) is 0 Å². The molecule has 2 aromatic rings. The Balaban J connectivity index is 0.00000187. The third-order valence-corrected chi connectivity index (χ3v) is 7.09. The van der Waals surface area contributed by atoms with Crippen LogP contribution < -0.4 is 4.31 Å². The SMILES string of the molecule is CC.CN(C)CCCN(C)C(=O)OCC1CCc2ccccc2N1S(=O)c1ccc(Cl)cc1. The van der Waals surface area contributed by atoms with Gasteiger partial charge in [0.1, 0.15) is 6.61 Å². The molecular weight excluding hydrogens is 458 g/mol. The minimum atomic E-state index is -1.44. The summed E-state index contributed by atoms with van der Waals surface area (Å²) in [5.41, 5.74) is 2.07. The van der Waals surface area contributed by atoms with Crippen LogP contribution in [0.15, 0.2) is 53.4 Å². The van der Waals surface area contributed by atoms with Crippen molar-refractivity contribution in [2.75, 3.05) is 45.1 Å². The van der Waals surface area contributed by atoms with Crippen LogP contribution in [0.2, 0.25) is 5.02 Å². The van der Waals surface area contributed by atoms with Crippen molar-refractivity contribution >= 4 is 34.4 Å². The van der Waals surface area contributed by atoms with E-state index in [4.69, 9.17) is 16.3 Å². The number of benzene rings is 2. The van der Waals surface area contributed by atoms with Crippen LogP contribution in [-0.2, 0) is 22.1 Å². The number of ether oxygens (including phenoxy) is 1. The van der Waals surface area contributed by atoms with Crippen molar-refractivity contribution in [1.29, 1.82) is 0 Å². The first kappa shape index (κ1) is 27.2. The second-order valence-electron chi connectivity index (χ2n) is 8.01. The van der Waals surface area contributed by atoms with Gasteiger partial charge in [-0.05, 0) is 75.8 Å². The average molecular weight is 494 g/mol. The average Bonchev–Trinajstić information content (AvgIpc) is 2.83. The van der Waals surface area contributed by atoms with E-state index < -0.39 is 11.0 Å². The molecule has 0 N–H and O–H groups in total. The van der Waals surface area contributed by atoms with Gasteiger partial charge < -0.3 is 14.5 Å². The van der Waals surface area contributed by atoms with E-state index in [0.717, 1.165) is 37.1 Å². The lowest BCUT2D eigenvalue weighted by Crippen LogP contribution is -2.44. The molecule has 0 radical (unpaired) electrons. The van der Waals surface area contributed by atoms with E-state index in [1.807, 2.05) is 50.4 Å². The number of hydrogen-bond donors (Lipinski definition) is 0. The molecule has 3 rings (SSSR count). The smallest absolute Gasteiger partial charge is 0.409 e. The topological polar surface area (TPSA) is 53.1 Å². The van der Waals surface area contributed by atoms with Gasteiger partial charge in [0.15, 0.2) is 11.0 Å². The minimum absolute atomic E-state index is 0.175. The lowest BCUT2D eigenvalue weighted by molar-refractivity contribution is 0.103. The molecule has 0 bridgehead atoms. The first-order valence-corrected chi connectivity index (χ1v) is 12.9. The Kier molecular flexibility index (Phi) is 11.2. The second kappa shape index (κ2) is 13.6. The highest BCUT2D eigenvalue weighted by Gasteiger charge is 2.32. The maximum Gasteiger partial charge on any atom is 0.409 e. The van der Waals surface area contributed by atoms with E-state index in [9.17, 15) is 9.00 Å². The van der Waals surface area contributed by atoms with Crippen molar-refractivity contribution in [3.8, 4) is 0 Å². The van der Waals surface area contributed by atoms with Gasteiger partial charge in [0, 0.05) is 18.6 Å². The number of fused-ring (bicyclic) bond motifs is 1. The fourth-order valence-electron chi connectivity index (χ4n) is 3.61. The van der Waals surface area contributed by atoms with E-state index in [1.54, 1.807) is 36.2 Å². The Morgan fingerprint density at radius 2 is 1.76 bits per heavy atom. The van der Waals surface area contributed by atoms with Crippen LogP contribution in [0.3, 0.4) is 0 Å². The Morgan fingerprint density at radius 1 is 1.09 bits per heavy atom. The van der Waals surface area contributed by atoms with Crippen molar-refractivity contribution in [1.82, 2.24) is 9.80 Å². The molecule has 0 saturated carbocycles. The predicted octanol–water partition coefficient (Wildman–Crippen LogP) is 5.23. The van der Waals surface area contributed by atoms with Crippen LogP contribution in [0.5, 0.6) is 0 Å². The van der Waals surface area contributed by atoms with Gasteiger partial charge in [0.05, 0.1) is 16.6 Å². The summed E-state index contributed by atoms with van der Waals surface area (Å²) in [5, 5.41) is 0.600. The molecular formula is C25H36ClN3O3S. The van der Waals surface area contributed by atoms with Crippen molar-refractivity contribution in [3.63, 3.8) is 0 Å². The Morgan fingerprint density at radius 3 is 2.42 bits per heavy atom. The maximum absolute atomic E-state index is 13.5. The van der Waals surface area contributed by atoms with Gasteiger partial charge in [-0.3, -0.25) is 4.31 Å². The van der Waals surface area contributed by atoms with E-state index in [-0.39, 0.29) is 18.7 Å². The third kappa shape index (κ3) is 7.73. The van der Waals surface area contributed by atoms with Gasteiger partial charge in [-0.15, -0.1) is 0 Å². The highest BCUT2D eigenvalue weighted by molar-refractivity contribution is 7.86. The molecule has 1 aliphatic heterocycles. The van der Waals surface area contributed by atoms with Crippen LogP contribution in [-0.4, -0.2) is 67.0 Å². The van der Waals surface area contributed by atoms with E-state index in [2.05, 4.69) is 11.0 Å². The van der Waals surface area contributed by atoms with Crippen molar-refractivity contribution in [2.24, 2.45) is 0 Å².